The zero-order valence-corrected chi connectivity index (χ0v) is 18.1. The molecule has 2 aliphatic rings. The maximum Gasteiger partial charge on any atom is 0.300 e. The third kappa shape index (κ3) is 6.36. The maximum absolute atomic E-state index is 12.8. The fourth-order valence-electron chi connectivity index (χ4n) is 4.16. The van der Waals surface area contributed by atoms with Crippen LogP contribution >= 0.6 is 0 Å². The number of hydrogen-bond donors (Lipinski definition) is 3. The number of carbonyl (C=O) groups excluding carboxylic acids is 2. The minimum absolute atomic E-state index is 0.00506. The van der Waals surface area contributed by atoms with Crippen LogP contribution in [0, 0.1) is 5.92 Å². The number of aromatic amines is 1. The first-order valence-electron chi connectivity index (χ1n) is 10.7. The van der Waals surface area contributed by atoms with Gasteiger partial charge in [0.1, 0.15) is 0 Å². The van der Waals surface area contributed by atoms with Crippen molar-refractivity contribution in [3.05, 3.63) is 48.0 Å². The van der Waals surface area contributed by atoms with E-state index in [0.717, 1.165) is 31.7 Å². The molecule has 2 fully saturated rings. The zero-order valence-electron chi connectivity index (χ0n) is 18.1. The fraction of sp³-hybridized carbons (Fsp3) is 0.500. The molecule has 0 aromatic carbocycles. The summed E-state index contributed by atoms with van der Waals surface area (Å²) in [7, 11) is 0. The normalized spacial score (nSPS) is 22.2. The highest BCUT2D eigenvalue weighted by molar-refractivity contribution is 5.94. The van der Waals surface area contributed by atoms with Crippen molar-refractivity contribution in [1.82, 2.24) is 25.4 Å². The summed E-state index contributed by atoms with van der Waals surface area (Å²) in [5, 5.41) is 17.0. The van der Waals surface area contributed by atoms with Crippen molar-refractivity contribution >= 4 is 17.8 Å². The monoisotopic (exact) mass is 443 g/mol. The molecule has 3 N–H and O–H groups in total. The molecule has 32 heavy (non-hydrogen) atoms. The molecule has 1 aliphatic heterocycles. The number of carboxylic acids is 1. The van der Waals surface area contributed by atoms with Crippen LogP contribution in [-0.2, 0) is 20.7 Å². The van der Waals surface area contributed by atoms with Gasteiger partial charge in [-0.05, 0) is 43.4 Å². The van der Waals surface area contributed by atoms with Crippen LogP contribution in [0.5, 0.6) is 0 Å². The Morgan fingerprint density at radius 1 is 1.28 bits per heavy atom. The number of rotatable bonds is 5. The number of amides is 2. The van der Waals surface area contributed by atoms with Gasteiger partial charge in [-0.25, -0.2) is 0 Å². The van der Waals surface area contributed by atoms with Gasteiger partial charge in [-0.2, -0.15) is 5.10 Å². The summed E-state index contributed by atoms with van der Waals surface area (Å²) < 4.78 is 5.89. The van der Waals surface area contributed by atoms with E-state index in [4.69, 9.17) is 14.6 Å². The van der Waals surface area contributed by atoms with Gasteiger partial charge in [-0.15, -0.1) is 0 Å². The fourth-order valence-corrected chi connectivity index (χ4v) is 4.16. The average molecular weight is 444 g/mol. The number of hydrogen-bond acceptors (Lipinski definition) is 6. The predicted octanol–water partition coefficient (Wildman–Crippen LogP) is 1.26. The van der Waals surface area contributed by atoms with Gasteiger partial charge in [0.05, 0.1) is 30.5 Å². The Labute approximate surface area is 186 Å². The molecule has 2 amide bonds. The molecule has 0 radical (unpaired) electrons. The second kappa shape index (κ2) is 11.4. The lowest BCUT2D eigenvalue weighted by atomic mass is 9.81. The lowest BCUT2D eigenvalue weighted by Crippen LogP contribution is -2.57. The summed E-state index contributed by atoms with van der Waals surface area (Å²) in [6.45, 7) is 2.76. The average Bonchev–Trinajstić information content (AvgIpc) is 3.33. The van der Waals surface area contributed by atoms with E-state index in [0.29, 0.717) is 31.7 Å². The molecular formula is C22H29N5O5. The van der Waals surface area contributed by atoms with E-state index >= 15 is 0 Å². The van der Waals surface area contributed by atoms with Gasteiger partial charge >= 0.3 is 0 Å². The third-order valence-electron chi connectivity index (χ3n) is 5.66. The molecule has 10 nitrogen and oxygen atoms in total. The molecular weight excluding hydrogens is 414 g/mol. The first kappa shape index (κ1) is 23.4. The van der Waals surface area contributed by atoms with E-state index in [1.165, 1.54) is 0 Å². The molecule has 4 rings (SSSR count). The van der Waals surface area contributed by atoms with E-state index in [2.05, 4.69) is 20.5 Å². The first-order valence-corrected chi connectivity index (χ1v) is 10.7. The molecule has 0 spiro atoms. The number of carboxylic acid groups (broad SMARTS) is 1. The van der Waals surface area contributed by atoms with Crippen LogP contribution in [-0.4, -0.2) is 74.8 Å². The van der Waals surface area contributed by atoms with Gasteiger partial charge in [0.2, 0.25) is 5.91 Å². The lowest BCUT2D eigenvalue weighted by molar-refractivity contribution is -0.134. The number of ether oxygens (including phenoxy) is 1. The molecule has 0 bridgehead atoms. The Morgan fingerprint density at radius 2 is 2.03 bits per heavy atom. The molecule has 2 aromatic heterocycles. The quantitative estimate of drug-likeness (QED) is 0.633. The number of nitrogens with one attached hydrogen (secondary N) is 2. The van der Waals surface area contributed by atoms with Crippen LogP contribution in [0.25, 0.3) is 0 Å². The summed E-state index contributed by atoms with van der Waals surface area (Å²) in [5.74, 6) is -0.917. The van der Waals surface area contributed by atoms with Gasteiger partial charge in [-0.1, -0.05) is 0 Å². The minimum atomic E-state index is -0.833. The van der Waals surface area contributed by atoms with Crippen molar-refractivity contribution < 1.29 is 24.2 Å². The Bertz CT molecular complexity index is 885. The second-order valence-corrected chi connectivity index (χ2v) is 7.89. The lowest BCUT2D eigenvalue weighted by Gasteiger charge is -2.45. The highest BCUT2D eigenvalue weighted by Gasteiger charge is 2.41. The van der Waals surface area contributed by atoms with Gasteiger partial charge in [0.15, 0.2) is 0 Å². The second-order valence-electron chi connectivity index (χ2n) is 7.89. The smallest absolute Gasteiger partial charge is 0.300 e. The number of carbonyl (C=O) groups is 3. The number of pyridine rings is 1. The van der Waals surface area contributed by atoms with E-state index in [1.54, 1.807) is 24.8 Å². The molecule has 3 heterocycles. The van der Waals surface area contributed by atoms with Crippen molar-refractivity contribution in [2.45, 2.75) is 44.8 Å². The number of morpholine rings is 1. The summed E-state index contributed by atoms with van der Waals surface area (Å²) in [6, 6.07) is 3.84. The molecule has 1 saturated heterocycles. The summed E-state index contributed by atoms with van der Waals surface area (Å²) in [4.78, 5) is 40.4. The Hall–Kier alpha value is -3.27. The van der Waals surface area contributed by atoms with Crippen LogP contribution in [0.3, 0.4) is 0 Å². The van der Waals surface area contributed by atoms with Crippen molar-refractivity contribution in [1.29, 1.82) is 0 Å². The Morgan fingerprint density at radius 3 is 2.72 bits per heavy atom. The molecule has 2 aromatic rings. The Balaban J connectivity index is 0.000000668. The van der Waals surface area contributed by atoms with Gasteiger partial charge < -0.3 is 20.1 Å². The standard InChI is InChI=1S/C20H25N5O3.C2H4O2/c26-19(22-8-5-14-3-6-21-7-4-14)15-1-2-18-17(11-15)25(9-10-28-18)20(27)16-12-23-24-13-16;1-2(3)4/h3-4,6-7,12-13,15,17-18H,1-2,5,8-11H2,(H,22,26)(H,23,24);1H3,(H,3,4)/t15-,17+,18+;/m0./s1. The number of nitrogens with zero attached hydrogens (tertiary/aromatic N) is 3. The SMILES string of the molecule is CC(=O)O.O=C(NCCc1ccncc1)[C@H]1CC[C@H]2OCCN(C(=O)c3cn[nH]c3)[C@@H]2C1. The number of fused-ring (bicyclic) bond motifs is 1. The summed E-state index contributed by atoms with van der Waals surface area (Å²) >= 11 is 0. The molecule has 1 aliphatic carbocycles. The highest BCUT2D eigenvalue weighted by Crippen LogP contribution is 2.33. The predicted molar refractivity (Wildman–Crippen MR) is 115 cm³/mol. The topological polar surface area (TPSA) is 138 Å². The number of aliphatic carboxylic acids is 1. The number of aromatic nitrogens is 3. The minimum Gasteiger partial charge on any atom is -0.481 e. The summed E-state index contributed by atoms with van der Waals surface area (Å²) in [5.41, 5.74) is 1.70. The van der Waals surface area contributed by atoms with Crippen LogP contribution in [0.15, 0.2) is 36.9 Å². The van der Waals surface area contributed by atoms with Crippen molar-refractivity contribution in [3.8, 4) is 0 Å². The van der Waals surface area contributed by atoms with Gasteiger partial charge in [0, 0.05) is 44.5 Å². The van der Waals surface area contributed by atoms with Crippen molar-refractivity contribution in [2.24, 2.45) is 5.92 Å². The van der Waals surface area contributed by atoms with Gasteiger partial charge in [0.25, 0.3) is 11.9 Å². The Kier molecular flexibility index (Phi) is 8.32. The van der Waals surface area contributed by atoms with Crippen molar-refractivity contribution in [3.63, 3.8) is 0 Å². The molecule has 3 atom stereocenters. The van der Waals surface area contributed by atoms with Gasteiger partial charge in [-0.3, -0.25) is 24.5 Å². The van der Waals surface area contributed by atoms with Crippen LogP contribution in [0.4, 0.5) is 0 Å². The largest absolute Gasteiger partial charge is 0.481 e. The van der Waals surface area contributed by atoms with E-state index in [1.807, 2.05) is 17.0 Å². The molecule has 1 saturated carbocycles. The van der Waals surface area contributed by atoms with Crippen LogP contribution in [0.2, 0.25) is 0 Å². The highest BCUT2D eigenvalue weighted by atomic mass is 16.5. The van der Waals surface area contributed by atoms with Crippen LogP contribution < -0.4 is 5.32 Å². The molecule has 10 heteroatoms. The summed E-state index contributed by atoms with van der Waals surface area (Å²) in [6.07, 6.45) is 9.66. The number of H-pyrrole nitrogens is 1. The zero-order chi connectivity index (χ0) is 22.9. The first-order chi connectivity index (χ1) is 15.5. The van der Waals surface area contributed by atoms with E-state index < -0.39 is 5.97 Å². The third-order valence-corrected chi connectivity index (χ3v) is 5.66. The molecule has 0 unspecified atom stereocenters. The maximum atomic E-state index is 12.8. The molecule has 172 valence electrons. The van der Waals surface area contributed by atoms with E-state index in [-0.39, 0.29) is 29.9 Å². The van der Waals surface area contributed by atoms with Crippen LogP contribution in [0.1, 0.15) is 42.1 Å². The van der Waals surface area contributed by atoms with Crippen molar-refractivity contribution in [2.75, 3.05) is 19.7 Å². The van der Waals surface area contributed by atoms with E-state index in [9.17, 15) is 9.59 Å².